The number of halogens is 3. The number of nitrogens with one attached hydrogen (secondary N) is 2. The Morgan fingerprint density at radius 2 is 2.06 bits per heavy atom. The monoisotopic (exact) mass is 247 g/mol. The van der Waals surface area contributed by atoms with Crippen LogP contribution in [-0.2, 0) is 12.7 Å². The van der Waals surface area contributed by atoms with Gasteiger partial charge in [0.1, 0.15) is 0 Å². The molecule has 7 heteroatoms. The number of rotatable bonds is 2. The molecular weight excluding hydrogens is 235 g/mol. The topological polar surface area (TPSA) is 67.2 Å². The van der Waals surface area contributed by atoms with E-state index in [4.69, 9.17) is 5.73 Å². The molecular formula is C10H12F3N3O. The van der Waals surface area contributed by atoms with E-state index in [-0.39, 0.29) is 17.8 Å². The number of nitrogens with two attached hydrogens (primary N) is 1. The lowest BCUT2D eigenvalue weighted by Crippen LogP contribution is -2.25. The standard InChI is InChI=1S/C10H12F3N3O/c1-15-9(17)16-8-3-2-7(10(11,12)13)4-6(8)5-14/h2-4H,5,14H2,1H3,(H2,15,16,17). The van der Waals surface area contributed by atoms with Crippen molar-refractivity contribution in [2.75, 3.05) is 12.4 Å². The maximum absolute atomic E-state index is 12.4. The van der Waals surface area contributed by atoms with Crippen LogP contribution in [0.3, 0.4) is 0 Å². The number of amides is 2. The molecule has 0 aromatic heterocycles. The fourth-order valence-corrected chi connectivity index (χ4v) is 1.25. The Kier molecular flexibility index (Phi) is 3.95. The molecule has 17 heavy (non-hydrogen) atoms. The zero-order chi connectivity index (χ0) is 13.1. The Morgan fingerprint density at radius 3 is 2.53 bits per heavy atom. The predicted molar refractivity (Wildman–Crippen MR) is 57.4 cm³/mol. The molecule has 4 N–H and O–H groups in total. The van der Waals surface area contributed by atoms with Gasteiger partial charge in [-0.15, -0.1) is 0 Å². The maximum Gasteiger partial charge on any atom is 0.416 e. The van der Waals surface area contributed by atoms with Crippen molar-refractivity contribution >= 4 is 11.7 Å². The first-order chi connectivity index (χ1) is 7.88. The summed E-state index contributed by atoms with van der Waals surface area (Å²) < 4.78 is 37.3. The molecule has 0 saturated carbocycles. The Hall–Kier alpha value is -1.76. The molecule has 1 aromatic carbocycles. The van der Waals surface area contributed by atoms with Crippen molar-refractivity contribution in [3.63, 3.8) is 0 Å². The van der Waals surface area contributed by atoms with Crippen LogP contribution >= 0.6 is 0 Å². The summed E-state index contributed by atoms with van der Waals surface area (Å²) in [6, 6.07) is 2.48. The third-order valence-corrected chi connectivity index (χ3v) is 2.13. The van der Waals surface area contributed by atoms with Crippen molar-refractivity contribution in [2.24, 2.45) is 5.73 Å². The summed E-state index contributed by atoms with van der Waals surface area (Å²) in [6.45, 7) is -0.0940. The first-order valence-corrected chi connectivity index (χ1v) is 4.77. The minimum atomic E-state index is -4.42. The molecule has 0 radical (unpaired) electrons. The third kappa shape index (κ3) is 3.35. The molecule has 4 nitrogen and oxygen atoms in total. The van der Waals surface area contributed by atoms with Crippen LogP contribution in [0.4, 0.5) is 23.7 Å². The van der Waals surface area contributed by atoms with E-state index in [1.54, 1.807) is 0 Å². The molecule has 0 atom stereocenters. The third-order valence-electron chi connectivity index (χ3n) is 2.13. The fraction of sp³-hybridized carbons (Fsp3) is 0.300. The molecule has 0 aliphatic rings. The van der Waals surface area contributed by atoms with E-state index in [9.17, 15) is 18.0 Å². The Labute approximate surface area is 96.0 Å². The van der Waals surface area contributed by atoms with Gasteiger partial charge in [-0.05, 0) is 23.8 Å². The van der Waals surface area contributed by atoms with Gasteiger partial charge in [0.2, 0.25) is 0 Å². The van der Waals surface area contributed by atoms with E-state index in [1.807, 2.05) is 0 Å². The van der Waals surface area contributed by atoms with Gasteiger partial charge in [0.15, 0.2) is 0 Å². The van der Waals surface area contributed by atoms with Crippen molar-refractivity contribution in [1.82, 2.24) is 5.32 Å². The van der Waals surface area contributed by atoms with Crippen LogP contribution in [0.15, 0.2) is 18.2 Å². The second-order valence-corrected chi connectivity index (χ2v) is 3.28. The zero-order valence-electron chi connectivity index (χ0n) is 9.06. The first-order valence-electron chi connectivity index (χ1n) is 4.77. The second kappa shape index (κ2) is 5.05. The van der Waals surface area contributed by atoms with Crippen molar-refractivity contribution in [3.05, 3.63) is 29.3 Å². The van der Waals surface area contributed by atoms with E-state index in [1.165, 1.54) is 13.1 Å². The number of alkyl halides is 3. The number of urea groups is 1. The van der Waals surface area contributed by atoms with Crippen molar-refractivity contribution in [1.29, 1.82) is 0 Å². The molecule has 0 unspecified atom stereocenters. The van der Waals surface area contributed by atoms with Gasteiger partial charge < -0.3 is 16.4 Å². The fourth-order valence-electron chi connectivity index (χ4n) is 1.25. The van der Waals surface area contributed by atoms with Gasteiger partial charge in [-0.25, -0.2) is 4.79 Å². The van der Waals surface area contributed by atoms with E-state index in [0.717, 1.165) is 12.1 Å². The number of anilines is 1. The Morgan fingerprint density at radius 1 is 1.41 bits per heavy atom. The zero-order valence-corrected chi connectivity index (χ0v) is 9.06. The van der Waals surface area contributed by atoms with Crippen LogP contribution in [0.5, 0.6) is 0 Å². The summed E-state index contributed by atoms with van der Waals surface area (Å²) in [6.07, 6.45) is -4.42. The number of hydrogen-bond donors (Lipinski definition) is 3. The second-order valence-electron chi connectivity index (χ2n) is 3.28. The van der Waals surface area contributed by atoms with Gasteiger partial charge in [0, 0.05) is 19.3 Å². The smallest absolute Gasteiger partial charge is 0.341 e. The lowest BCUT2D eigenvalue weighted by Gasteiger charge is -2.13. The van der Waals surface area contributed by atoms with Crippen LogP contribution in [0, 0.1) is 0 Å². The van der Waals surface area contributed by atoms with Crippen molar-refractivity contribution in [3.8, 4) is 0 Å². The minimum Gasteiger partial charge on any atom is -0.341 e. The average molecular weight is 247 g/mol. The number of hydrogen-bond acceptors (Lipinski definition) is 2. The largest absolute Gasteiger partial charge is 0.416 e. The molecule has 0 fully saturated rings. The molecule has 0 saturated heterocycles. The Balaban J connectivity index is 3.06. The lowest BCUT2D eigenvalue weighted by atomic mass is 10.1. The SMILES string of the molecule is CNC(=O)Nc1ccc(C(F)(F)F)cc1CN. The van der Waals surface area contributed by atoms with Gasteiger partial charge in [0.05, 0.1) is 5.56 Å². The molecule has 1 aromatic rings. The average Bonchev–Trinajstić information content (AvgIpc) is 2.27. The molecule has 2 amide bonds. The molecule has 0 spiro atoms. The predicted octanol–water partition coefficient (Wildman–Crippen LogP) is 1.92. The van der Waals surface area contributed by atoms with Crippen molar-refractivity contribution < 1.29 is 18.0 Å². The van der Waals surface area contributed by atoms with E-state index in [0.29, 0.717) is 0 Å². The summed E-state index contributed by atoms with van der Waals surface area (Å²) in [5, 5.41) is 4.69. The number of carbonyl (C=O) groups excluding carboxylic acids is 1. The van der Waals surface area contributed by atoms with Gasteiger partial charge in [0.25, 0.3) is 0 Å². The summed E-state index contributed by atoms with van der Waals surface area (Å²) in [7, 11) is 1.40. The van der Waals surface area contributed by atoms with Gasteiger partial charge in [-0.1, -0.05) is 0 Å². The first kappa shape index (κ1) is 13.3. The van der Waals surface area contributed by atoms with Crippen LogP contribution in [-0.4, -0.2) is 13.1 Å². The van der Waals surface area contributed by atoms with Crippen LogP contribution in [0.2, 0.25) is 0 Å². The lowest BCUT2D eigenvalue weighted by molar-refractivity contribution is -0.137. The van der Waals surface area contributed by atoms with Gasteiger partial charge in [-0.3, -0.25) is 0 Å². The quantitative estimate of drug-likeness (QED) is 0.747. The molecule has 94 valence electrons. The summed E-state index contributed by atoms with van der Waals surface area (Å²) in [5.74, 6) is 0. The molecule has 0 aliphatic heterocycles. The van der Waals surface area contributed by atoms with Crippen molar-refractivity contribution in [2.45, 2.75) is 12.7 Å². The van der Waals surface area contributed by atoms with Gasteiger partial charge in [-0.2, -0.15) is 13.2 Å². The molecule has 1 rings (SSSR count). The highest BCUT2D eigenvalue weighted by Gasteiger charge is 2.30. The normalized spacial score (nSPS) is 11.1. The highest BCUT2D eigenvalue weighted by molar-refractivity contribution is 5.89. The summed E-state index contributed by atoms with van der Waals surface area (Å²) >= 11 is 0. The molecule has 0 heterocycles. The van der Waals surface area contributed by atoms with Crippen LogP contribution < -0.4 is 16.4 Å². The van der Waals surface area contributed by atoms with E-state index < -0.39 is 17.8 Å². The molecule has 0 bridgehead atoms. The minimum absolute atomic E-state index is 0.0940. The van der Waals surface area contributed by atoms with Crippen LogP contribution in [0.1, 0.15) is 11.1 Å². The maximum atomic E-state index is 12.4. The highest BCUT2D eigenvalue weighted by Crippen LogP contribution is 2.31. The number of carbonyl (C=O) groups is 1. The summed E-state index contributed by atoms with van der Waals surface area (Å²) in [4.78, 5) is 11.0. The molecule has 0 aliphatic carbocycles. The summed E-state index contributed by atoms with van der Waals surface area (Å²) in [5.41, 5.74) is 5.04. The highest BCUT2D eigenvalue weighted by atomic mass is 19.4. The Bertz CT molecular complexity index is 418. The number of benzene rings is 1. The van der Waals surface area contributed by atoms with Crippen LogP contribution in [0.25, 0.3) is 0 Å². The van der Waals surface area contributed by atoms with E-state index >= 15 is 0 Å². The van der Waals surface area contributed by atoms with Gasteiger partial charge >= 0.3 is 12.2 Å². The van der Waals surface area contributed by atoms with E-state index in [2.05, 4.69) is 10.6 Å².